The number of hydrogen-bond donors (Lipinski definition) is 1. The van der Waals surface area contributed by atoms with Crippen molar-refractivity contribution in [3.05, 3.63) is 39.3 Å². The Morgan fingerprint density at radius 2 is 2.25 bits per heavy atom. The molecule has 0 aliphatic heterocycles. The number of aromatic nitrogens is 2. The predicted molar refractivity (Wildman–Crippen MR) is 68.0 cm³/mol. The molecule has 0 fully saturated rings. The van der Waals surface area contributed by atoms with Gasteiger partial charge in [-0.2, -0.15) is 5.10 Å². The van der Waals surface area contributed by atoms with Crippen LogP contribution in [0, 0.1) is 0 Å². The van der Waals surface area contributed by atoms with Crippen LogP contribution in [0.25, 0.3) is 0 Å². The van der Waals surface area contributed by atoms with Crippen LogP contribution in [0.5, 0.6) is 0 Å². The summed E-state index contributed by atoms with van der Waals surface area (Å²) in [7, 11) is 0. The Balaban J connectivity index is 1.97. The molecule has 0 radical (unpaired) electrons. The number of hydrogen-bond acceptors (Lipinski definition) is 3. The Morgan fingerprint density at radius 1 is 1.44 bits per heavy atom. The number of nitrogens with one attached hydrogen (secondary N) is 1. The fourth-order valence-corrected chi connectivity index (χ4v) is 2.57. The predicted octanol–water partition coefficient (Wildman–Crippen LogP) is 2.76. The minimum Gasteiger partial charge on any atom is -0.312 e. The standard InChI is InChI=1S/C11H14ClN3S/c1-2-13-6-10-3-4-11(16-10)8-15-7-9(12)5-14-15/h3-5,7,13H,2,6,8H2,1H3. The first-order valence-electron chi connectivity index (χ1n) is 5.24. The molecule has 0 atom stereocenters. The average Bonchev–Trinajstić information content (AvgIpc) is 2.86. The highest BCUT2D eigenvalue weighted by molar-refractivity contribution is 7.11. The lowest BCUT2D eigenvalue weighted by molar-refractivity contribution is 0.695. The molecule has 0 aliphatic carbocycles. The average molecular weight is 256 g/mol. The van der Waals surface area contributed by atoms with E-state index >= 15 is 0 Å². The molecule has 0 unspecified atom stereocenters. The van der Waals surface area contributed by atoms with Gasteiger partial charge >= 0.3 is 0 Å². The molecule has 1 N–H and O–H groups in total. The number of halogens is 1. The monoisotopic (exact) mass is 255 g/mol. The van der Waals surface area contributed by atoms with Crippen LogP contribution in [0.2, 0.25) is 5.02 Å². The highest BCUT2D eigenvalue weighted by atomic mass is 35.5. The Labute approximate surface area is 104 Å². The first-order chi connectivity index (χ1) is 7.78. The molecule has 0 aliphatic rings. The Kier molecular flexibility index (Phi) is 3.98. The molecule has 86 valence electrons. The molecule has 3 nitrogen and oxygen atoms in total. The van der Waals surface area contributed by atoms with E-state index in [0.29, 0.717) is 5.02 Å². The summed E-state index contributed by atoms with van der Waals surface area (Å²) in [5.41, 5.74) is 0. The second kappa shape index (κ2) is 5.48. The zero-order chi connectivity index (χ0) is 11.4. The number of thiophene rings is 1. The van der Waals surface area contributed by atoms with Gasteiger partial charge in [-0.25, -0.2) is 0 Å². The molecule has 5 heteroatoms. The lowest BCUT2D eigenvalue weighted by Gasteiger charge is -1.98. The summed E-state index contributed by atoms with van der Waals surface area (Å²) >= 11 is 7.62. The third-order valence-electron chi connectivity index (χ3n) is 2.19. The van der Waals surface area contributed by atoms with Gasteiger partial charge in [-0.3, -0.25) is 4.68 Å². The molecule has 2 heterocycles. The molecule has 0 saturated carbocycles. The van der Waals surface area contributed by atoms with E-state index < -0.39 is 0 Å². The maximum atomic E-state index is 5.81. The van der Waals surface area contributed by atoms with Gasteiger partial charge in [-0.1, -0.05) is 18.5 Å². The van der Waals surface area contributed by atoms with Gasteiger partial charge in [0.05, 0.1) is 17.8 Å². The second-order valence-corrected chi connectivity index (χ2v) is 5.19. The summed E-state index contributed by atoms with van der Waals surface area (Å²) in [5, 5.41) is 8.16. The van der Waals surface area contributed by atoms with Crippen molar-refractivity contribution in [1.29, 1.82) is 0 Å². The van der Waals surface area contributed by atoms with Crippen molar-refractivity contribution in [1.82, 2.24) is 15.1 Å². The van der Waals surface area contributed by atoms with E-state index in [-0.39, 0.29) is 0 Å². The molecule has 0 amide bonds. The normalized spacial score (nSPS) is 10.9. The van der Waals surface area contributed by atoms with Gasteiger partial charge in [-0.05, 0) is 18.7 Å². The quantitative estimate of drug-likeness (QED) is 0.891. The molecule has 2 aromatic rings. The lowest BCUT2D eigenvalue weighted by atomic mass is 10.4. The van der Waals surface area contributed by atoms with Crippen molar-refractivity contribution >= 4 is 22.9 Å². The fraction of sp³-hybridized carbons (Fsp3) is 0.364. The van der Waals surface area contributed by atoms with Crippen molar-refractivity contribution in [2.45, 2.75) is 20.0 Å². The molecule has 16 heavy (non-hydrogen) atoms. The Morgan fingerprint density at radius 3 is 2.94 bits per heavy atom. The smallest absolute Gasteiger partial charge is 0.0785 e. The summed E-state index contributed by atoms with van der Waals surface area (Å²) in [4.78, 5) is 2.66. The zero-order valence-corrected chi connectivity index (χ0v) is 10.7. The van der Waals surface area contributed by atoms with Gasteiger partial charge in [-0.15, -0.1) is 11.3 Å². The summed E-state index contributed by atoms with van der Waals surface area (Å²) in [6.45, 7) is 4.85. The third-order valence-corrected chi connectivity index (χ3v) is 3.45. The van der Waals surface area contributed by atoms with Gasteiger partial charge in [0.2, 0.25) is 0 Å². The summed E-state index contributed by atoms with van der Waals surface area (Å²) in [5.74, 6) is 0. The molecule has 0 saturated heterocycles. The van der Waals surface area contributed by atoms with Crippen LogP contribution in [-0.2, 0) is 13.1 Å². The molecular formula is C11H14ClN3S. The van der Waals surface area contributed by atoms with E-state index in [2.05, 4.69) is 29.5 Å². The number of rotatable bonds is 5. The zero-order valence-electron chi connectivity index (χ0n) is 9.11. The van der Waals surface area contributed by atoms with E-state index in [1.165, 1.54) is 9.75 Å². The van der Waals surface area contributed by atoms with E-state index in [4.69, 9.17) is 11.6 Å². The summed E-state index contributed by atoms with van der Waals surface area (Å²) in [6, 6.07) is 4.31. The largest absolute Gasteiger partial charge is 0.312 e. The van der Waals surface area contributed by atoms with Gasteiger partial charge in [0.1, 0.15) is 0 Å². The van der Waals surface area contributed by atoms with Crippen LogP contribution in [-0.4, -0.2) is 16.3 Å². The van der Waals surface area contributed by atoms with Gasteiger partial charge in [0.15, 0.2) is 0 Å². The maximum absolute atomic E-state index is 5.81. The molecule has 2 aromatic heterocycles. The first-order valence-corrected chi connectivity index (χ1v) is 6.43. The minimum absolute atomic E-state index is 0.685. The molecule has 0 bridgehead atoms. The first kappa shape index (κ1) is 11.6. The highest BCUT2D eigenvalue weighted by Crippen LogP contribution is 2.18. The van der Waals surface area contributed by atoms with Crippen molar-refractivity contribution < 1.29 is 0 Å². The Hall–Kier alpha value is -0.840. The van der Waals surface area contributed by atoms with Crippen LogP contribution in [0.4, 0.5) is 0 Å². The lowest BCUT2D eigenvalue weighted by Crippen LogP contribution is -2.10. The molecular weight excluding hydrogens is 242 g/mol. The van der Waals surface area contributed by atoms with Crippen LogP contribution in [0.3, 0.4) is 0 Å². The Bertz CT molecular complexity index is 450. The van der Waals surface area contributed by atoms with Crippen molar-refractivity contribution in [3.63, 3.8) is 0 Å². The SMILES string of the molecule is CCNCc1ccc(Cn2cc(Cl)cn2)s1. The second-order valence-electron chi connectivity index (χ2n) is 3.50. The minimum atomic E-state index is 0.685. The highest BCUT2D eigenvalue weighted by Gasteiger charge is 2.02. The third kappa shape index (κ3) is 3.07. The van der Waals surface area contributed by atoms with E-state index in [1.807, 2.05) is 22.2 Å². The van der Waals surface area contributed by atoms with Crippen LogP contribution >= 0.6 is 22.9 Å². The van der Waals surface area contributed by atoms with E-state index in [1.54, 1.807) is 6.20 Å². The molecule has 0 aromatic carbocycles. The van der Waals surface area contributed by atoms with Crippen molar-refractivity contribution in [2.75, 3.05) is 6.54 Å². The van der Waals surface area contributed by atoms with Crippen molar-refractivity contribution in [2.24, 2.45) is 0 Å². The summed E-state index contributed by atoms with van der Waals surface area (Å²) < 4.78 is 1.85. The van der Waals surface area contributed by atoms with Crippen LogP contribution in [0.15, 0.2) is 24.5 Å². The topological polar surface area (TPSA) is 29.9 Å². The van der Waals surface area contributed by atoms with Crippen molar-refractivity contribution in [3.8, 4) is 0 Å². The molecule has 2 rings (SSSR count). The number of nitrogens with zero attached hydrogens (tertiary/aromatic N) is 2. The maximum Gasteiger partial charge on any atom is 0.0785 e. The van der Waals surface area contributed by atoms with E-state index in [9.17, 15) is 0 Å². The van der Waals surface area contributed by atoms with Gasteiger partial charge < -0.3 is 5.32 Å². The van der Waals surface area contributed by atoms with Gasteiger partial charge in [0.25, 0.3) is 0 Å². The fourth-order valence-electron chi connectivity index (χ4n) is 1.43. The van der Waals surface area contributed by atoms with E-state index in [0.717, 1.165) is 19.6 Å². The van der Waals surface area contributed by atoms with Gasteiger partial charge in [0, 0.05) is 22.5 Å². The molecule has 0 spiro atoms. The summed E-state index contributed by atoms with van der Waals surface area (Å²) in [6.07, 6.45) is 3.50. The van der Waals surface area contributed by atoms with Crippen LogP contribution in [0.1, 0.15) is 16.7 Å². The van der Waals surface area contributed by atoms with Crippen LogP contribution < -0.4 is 5.32 Å².